The van der Waals surface area contributed by atoms with Crippen molar-refractivity contribution in [2.45, 2.75) is 33.2 Å². The van der Waals surface area contributed by atoms with Crippen LogP contribution >= 0.6 is 0 Å². The van der Waals surface area contributed by atoms with E-state index in [9.17, 15) is 9.59 Å². The molecule has 0 spiro atoms. The van der Waals surface area contributed by atoms with Crippen LogP contribution in [0.4, 0.5) is 4.79 Å². The SMILES string of the molecule is CCOC(=O)N1CCN(CC(=O)N2N=C(c3cc(C)ccc3C)C[C@@H]2c2ccc(OC)cc2)CC1. The van der Waals surface area contributed by atoms with Gasteiger partial charge >= 0.3 is 6.09 Å². The minimum atomic E-state index is -0.291. The lowest BCUT2D eigenvalue weighted by atomic mass is 9.95. The number of hydrogen-bond donors (Lipinski definition) is 0. The number of benzene rings is 2. The number of ether oxygens (including phenoxy) is 2. The van der Waals surface area contributed by atoms with E-state index in [1.54, 1.807) is 23.9 Å². The third kappa shape index (κ3) is 5.65. The van der Waals surface area contributed by atoms with Crippen LogP contribution in [0.5, 0.6) is 5.75 Å². The lowest BCUT2D eigenvalue weighted by Crippen LogP contribution is -2.51. The Balaban J connectivity index is 1.52. The highest BCUT2D eigenvalue weighted by Gasteiger charge is 2.35. The van der Waals surface area contributed by atoms with E-state index in [4.69, 9.17) is 14.6 Å². The van der Waals surface area contributed by atoms with Crippen LogP contribution in [0, 0.1) is 13.8 Å². The second-order valence-electron chi connectivity index (χ2n) is 9.06. The van der Waals surface area contributed by atoms with Crippen molar-refractivity contribution >= 4 is 17.7 Å². The lowest BCUT2D eigenvalue weighted by molar-refractivity contribution is -0.134. The molecule has 0 saturated carbocycles. The van der Waals surface area contributed by atoms with Crippen LogP contribution in [0.3, 0.4) is 0 Å². The molecule has 0 unspecified atom stereocenters. The van der Waals surface area contributed by atoms with E-state index in [1.807, 2.05) is 24.3 Å². The van der Waals surface area contributed by atoms with E-state index < -0.39 is 0 Å². The summed E-state index contributed by atoms with van der Waals surface area (Å²) in [4.78, 5) is 29.3. The van der Waals surface area contributed by atoms with Crippen molar-refractivity contribution in [2.75, 3.05) is 46.4 Å². The Morgan fingerprint density at radius 2 is 1.74 bits per heavy atom. The monoisotopic (exact) mass is 478 g/mol. The molecule has 0 bridgehead atoms. The van der Waals surface area contributed by atoms with Crippen LogP contribution in [0.25, 0.3) is 0 Å². The van der Waals surface area contributed by atoms with Crippen molar-refractivity contribution in [3.05, 3.63) is 64.7 Å². The van der Waals surface area contributed by atoms with Gasteiger partial charge in [-0.05, 0) is 50.1 Å². The van der Waals surface area contributed by atoms with Crippen LogP contribution in [-0.2, 0) is 9.53 Å². The second-order valence-corrected chi connectivity index (χ2v) is 9.06. The van der Waals surface area contributed by atoms with Gasteiger partial charge in [0.05, 0.1) is 32.0 Å². The first-order valence-electron chi connectivity index (χ1n) is 12.1. The molecule has 1 saturated heterocycles. The topological polar surface area (TPSA) is 74.7 Å². The van der Waals surface area contributed by atoms with Gasteiger partial charge in [-0.3, -0.25) is 9.69 Å². The van der Waals surface area contributed by atoms with E-state index in [1.165, 1.54) is 5.56 Å². The van der Waals surface area contributed by atoms with Crippen LogP contribution in [0.2, 0.25) is 0 Å². The summed E-state index contributed by atoms with van der Waals surface area (Å²) >= 11 is 0. The summed E-state index contributed by atoms with van der Waals surface area (Å²) in [5, 5.41) is 6.50. The van der Waals surface area contributed by atoms with Gasteiger partial charge in [-0.25, -0.2) is 9.80 Å². The van der Waals surface area contributed by atoms with Gasteiger partial charge in [0.25, 0.3) is 5.91 Å². The number of methoxy groups -OCH3 is 1. The summed E-state index contributed by atoms with van der Waals surface area (Å²) in [6, 6.07) is 14.0. The van der Waals surface area contributed by atoms with Crippen LogP contribution in [0.1, 0.15) is 41.6 Å². The number of hydrogen-bond acceptors (Lipinski definition) is 6. The number of carbonyl (C=O) groups excluding carboxylic acids is 2. The molecule has 0 aromatic heterocycles. The van der Waals surface area contributed by atoms with E-state index >= 15 is 0 Å². The summed E-state index contributed by atoms with van der Waals surface area (Å²) in [5.74, 6) is 0.732. The molecule has 1 fully saturated rings. The quantitative estimate of drug-likeness (QED) is 0.632. The van der Waals surface area contributed by atoms with Gasteiger partial charge in [0.2, 0.25) is 0 Å². The van der Waals surface area contributed by atoms with Gasteiger partial charge in [-0.1, -0.05) is 29.8 Å². The molecule has 2 aromatic rings. The summed E-state index contributed by atoms with van der Waals surface area (Å²) in [5.41, 5.74) is 5.34. The molecule has 8 nitrogen and oxygen atoms in total. The van der Waals surface area contributed by atoms with Crippen molar-refractivity contribution < 1.29 is 19.1 Å². The Morgan fingerprint density at radius 3 is 2.40 bits per heavy atom. The molecule has 2 aliphatic rings. The van der Waals surface area contributed by atoms with Gasteiger partial charge in [-0.2, -0.15) is 5.10 Å². The van der Waals surface area contributed by atoms with Crippen molar-refractivity contribution in [1.29, 1.82) is 0 Å². The Bertz CT molecular complexity index is 1090. The van der Waals surface area contributed by atoms with Crippen LogP contribution in [-0.4, -0.2) is 79.0 Å². The predicted octanol–water partition coefficient (Wildman–Crippen LogP) is 3.76. The zero-order valence-electron chi connectivity index (χ0n) is 21.0. The van der Waals surface area contributed by atoms with Crippen molar-refractivity contribution in [3.63, 3.8) is 0 Å². The van der Waals surface area contributed by atoms with Gasteiger partial charge in [0, 0.05) is 38.2 Å². The standard InChI is InChI=1S/C27H34N4O4/c1-5-35-27(33)30-14-12-29(13-15-30)18-26(32)31-25(21-8-10-22(34-4)11-9-21)17-24(28-31)23-16-19(2)6-7-20(23)3/h6-11,16,25H,5,12-15,17-18H2,1-4H3/t25-/m1/s1. The molecule has 8 heteroatoms. The van der Waals surface area contributed by atoms with Crippen LogP contribution in [0.15, 0.2) is 47.6 Å². The molecule has 1 atom stereocenters. The summed E-state index contributed by atoms with van der Waals surface area (Å²) < 4.78 is 10.4. The molecule has 2 aromatic carbocycles. The molecule has 35 heavy (non-hydrogen) atoms. The first kappa shape index (κ1) is 24.7. The maximum absolute atomic E-state index is 13.5. The largest absolute Gasteiger partial charge is 0.497 e. The fraction of sp³-hybridized carbons (Fsp3) is 0.444. The molecule has 4 rings (SSSR count). The van der Waals surface area contributed by atoms with Gasteiger partial charge < -0.3 is 14.4 Å². The van der Waals surface area contributed by atoms with Gasteiger partial charge in [-0.15, -0.1) is 0 Å². The summed E-state index contributed by atoms with van der Waals surface area (Å²) in [6.07, 6.45) is 0.360. The maximum Gasteiger partial charge on any atom is 0.409 e. The predicted molar refractivity (Wildman–Crippen MR) is 135 cm³/mol. The third-order valence-corrected chi connectivity index (χ3v) is 6.63. The van der Waals surface area contributed by atoms with E-state index in [0.29, 0.717) is 39.2 Å². The molecule has 186 valence electrons. The van der Waals surface area contributed by atoms with E-state index in [-0.39, 0.29) is 24.6 Å². The Labute approximate surface area is 207 Å². The Morgan fingerprint density at radius 1 is 1.03 bits per heavy atom. The highest BCUT2D eigenvalue weighted by atomic mass is 16.6. The fourth-order valence-corrected chi connectivity index (χ4v) is 4.60. The normalized spacial score (nSPS) is 18.4. The number of amides is 2. The smallest absolute Gasteiger partial charge is 0.409 e. The summed E-state index contributed by atoms with van der Waals surface area (Å²) in [6.45, 7) is 8.90. The number of hydrazone groups is 1. The minimum Gasteiger partial charge on any atom is -0.497 e. The Kier molecular flexibility index (Phi) is 7.70. The molecular weight excluding hydrogens is 444 g/mol. The molecule has 2 aliphatic heterocycles. The molecule has 0 radical (unpaired) electrons. The number of rotatable bonds is 6. The van der Waals surface area contributed by atoms with Crippen molar-refractivity contribution in [1.82, 2.24) is 14.8 Å². The zero-order chi connectivity index (χ0) is 24.9. The van der Waals surface area contributed by atoms with Crippen molar-refractivity contribution in [2.24, 2.45) is 5.10 Å². The average molecular weight is 479 g/mol. The highest BCUT2D eigenvalue weighted by molar-refractivity contribution is 6.04. The lowest BCUT2D eigenvalue weighted by Gasteiger charge is -2.34. The number of nitrogens with zero attached hydrogens (tertiary/aromatic N) is 4. The van der Waals surface area contributed by atoms with Crippen molar-refractivity contribution in [3.8, 4) is 5.75 Å². The molecule has 2 amide bonds. The molecular formula is C27H34N4O4. The third-order valence-electron chi connectivity index (χ3n) is 6.63. The summed E-state index contributed by atoms with van der Waals surface area (Å²) in [7, 11) is 1.64. The molecule has 0 aliphatic carbocycles. The number of carbonyl (C=O) groups is 2. The van der Waals surface area contributed by atoms with E-state index in [2.05, 4.69) is 36.9 Å². The fourth-order valence-electron chi connectivity index (χ4n) is 4.60. The molecule has 0 N–H and O–H groups in total. The average Bonchev–Trinajstić information content (AvgIpc) is 3.31. The minimum absolute atomic E-state index is 0.0456. The molecule has 2 heterocycles. The zero-order valence-corrected chi connectivity index (χ0v) is 21.0. The Hall–Kier alpha value is -3.39. The van der Waals surface area contributed by atoms with Gasteiger partial charge in [0.15, 0.2) is 0 Å². The number of aryl methyl sites for hydroxylation is 2. The maximum atomic E-state index is 13.5. The first-order chi connectivity index (χ1) is 16.9. The van der Waals surface area contributed by atoms with Crippen LogP contribution < -0.4 is 4.74 Å². The van der Waals surface area contributed by atoms with Gasteiger partial charge in [0.1, 0.15) is 5.75 Å². The second kappa shape index (κ2) is 10.9. The number of piperazine rings is 1. The first-order valence-corrected chi connectivity index (χ1v) is 12.1. The highest BCUT2D eigenvalue weighted by Crippen LogP contribution is 2.34. The van der Waals surface area contributed by atoms with E-state index in [0.717, 1.165) is 28.2 Å².